The summed E-state index contributed by atoms with van der Waals surface area (Å²) in [7, 11) is 4.18. The van der Waals surface area contributed by atoms with Crippen LogP contribution in [0.25, 0.3) is 32.7 Å². The first-order chi connectivity index (χ1) is 23.3. The molecule has 2 heterocycles. The monoisotopic (exact) mass is 624 g/mol. The minimum absolute atomic E-state index is 0.0152. The molecule has 2 aliphatic heterocycles. The lowest BCUT2D eigenvalue weighted by Crippen LogP contribution is -2.46. The first-order valence-electron chi connectivity index (χ1n) is 16.3. The molecule has 0 aromatic heterocycles. The fourth-order valence-electron chi connectivity index (χ4n) is 8.14. The van der Waals surface area contributed by atoms with Crippen LogP contribution >= 0.6 is 0 Å². The highest BCUT2D eigenvalue weighted by Gasteiger charge is 2.40. The Morgan fingerprint density at radius 1 is 0.750 bits per heavy atom. The summed E-state index contributed by atoms with van der Waals surface area (Å²) in [6.45, 7) is 3.86. The number of anilines is 3. The van der Waals surface area contributed by atoms with Crippen LogP contribution in [-0.4, -0.2) is 32.0 Å². The summed E-state index contributed by atoms with van der Waals surface area (Å²) in [6.07, 6.45) is -0.0938. The van der Waals surface area contributed by atoms with E-state index in [1.165, 1.54) is 11.1 Å². The van der Waals surface area contributed by atoms with Crippen LogP contribution < -0.4 is 31.1 Å². The molecule has 3 aliphatic rings. The first kappa shape index (κ1) is 28.4. The van der Waals surface area contributed by atoms with E-state index >= 15 is 0 Å². The average molecular weight is 625 g/mol. The van der Waals surface area contributed by atoms with Crippen molar-refractivity contribution in [1.29, 1.82) is 0 Å². The molecule has 1 aliphatic carbocycles. The number of hydrogen-bond acceptors (Lipinski definition) is 6. The smallest absolute Gasteiger partial charge is 0.427 e. The van der Waals surface area contributed by atoms with E-state index in [9.17, 15) is 9.90 Å². The molecule has 0 spiro atoms. The van der Waals surface area contributed by atoms with Crippen molar-refractivity contribution >= 4 is 68.0 Å². The van der Waals surface area contributed by atoms with Gasteiger partial charge in [0.25, 0.3) is 0 Å². The van der Waals surface area contributed by atoms with Gasteiger partial charge < -0.3 is 25.0 Å². The molecule has 0 saturated carbocycles. The van der Waals surface area contributed by atoms with Gasteiger partial charge in [0.05, 0.1) is 22.2 Å². The maximum atomic E-state index is 14.4. The van der Waals surface area contributed by atoms with E-state index in [0.29, 0.717) is 16.4 Å². The summed E-state index contributed by atoms with van der Waals surface area (Å²) in [5, 5.41) is 21.1. The van der Waals surface area contributed by atoms with Gasteiger partial charge in [0.1, 0.15) is 11.9 Å². The maximum Gasteiger partial charge on any atom is 0.427 e. The van der Waals surface area contributed by atoms with Crippen molar-refractivity contribution in [3.05, 3.63) is 148 Å². The normalized spacial score (nSPS) is 17.9. The van der Waals surface area contributed by atoms with Crippen molar-refractivity contribution in [2.45, 2.75) is 20.0 Å². The van der Waals surface area contributed by atoms with Crippen LogP contribution in [0.2, 0.25) is 0 Å². The molecule has 9 rings (SSSR count). The van der Waals surface area contributed by atoms with Crippen LogP contribution in [0.5, 0.6) is 0 Å². The zero-order valence-corrected chi connectivity index (χ0v) is 27.2. The number of nitrogens with zero attached hydrogens (tertiary/aromatic N) is 3. The number of allylic oxidation sites excluding steroid dienone is 2. The molecule has 0 amide bonds. The Morgan fingerprint density at radius 3 is 2.21 bits per heavy atom. The van der Waals surface area contributed by atoms with Gasteiger partial charge in [0.2, 0.25) is 5.78 Å². The van der Waals surface area contributed by atoms with Crippen LogP contribution in [0.1, 0.15) is 28.4 Å². The summed E-state index contributed by atoms with van der Waals surface area (Å²) in [6, 6.07) is 37.3. The van der Waals surface area contributed by atoms with Gasteiger partial charge in [-0.25, -0.2) is 0 Å². The number of hydrogen-bond donors (Lipinski definition) is 2. The highest BCUT2D eigenvalue weighted by molar-refractivity contribution is 6.75. The quantitative estimate of drug-likeness (QED) is 0.225. The lowest BCUT2D eigenvalue weighted by atomic mass is 9.66. The predicted octanol–water partition coefficient (Wildman–Crippen LogP) is 6.34. The first-order valence-corrected chi connectivity index (χ1v) is 16.3. The number of nitrogens with one attached hydrogen (secondary N) is 1. The number of carbonyl (C=O) groups is 1. The molecule has 7 heteroatoms. The van der Waals surface area contributed by atoms with Crippen LogP contribution in [0.15, 0.2) is 120 Å². The highest BCUT2D eigenvalue weighted by atomic mass is 16.3. The standard InChI is InChI=1S/C41H33BN4O2/c1-23-20-24(2)22-28(21-23)42-43-31-14-8-12-25-16-18-29(37(44-42)33(25)31)35-39(47)36(40(35)48)30-19-17-26-13-9-15-32-34(26)38(30)46(4)41(45(32)3)27-10-6-5-7-11-27/h5-22,41,43,47H,1-4H3/b35-29+. The summed E-state index contributed by atoms with van der Waals surface area (Å²) in [4.78, 5) is 24.1. The van der Waals surface area contributed by atoms with Gasteiger partial charge >= 0.3 is 6.98 Å². The van der Waals surface area contributed by atoms with Gasteiger partial charge in [-0.1, -0.05) is 108 Å². The third-order valence-electron chi connectivity index (χ3n) is 10.2. The average Bonchev–Trinajstić information content (AvgIpc) is 3.08. The lowest BCUT2D eigenvalue weighted by molar-refractivity contribution is -0.109. The van der Waals surface area contributed by atoms with Crippen molar-refractivity contribution in [2.24, 2.45) is 4.90 Å². The molecule has 0 bridgehead atoms. The summed E-state index contributed by atoms with van der Waals surface area (Å²) in [5.41, 5.74) is 8.92. The third-order valence-corrected chi connectivity index (χ3v) is 10.2. The van der Waals surface area contributed by atoms with Crippen LogP contribution in [0.4, 0.5) is 17.1 Å². The Balaban J connectivity index is 1.28. The van der Waals surface area contributed by atoms with E-state index in [2.05, 4.69) is 122 Å². The molecular formula is C41H33BN4O2. The molecule has 6 aromatic carbocycles. The Labute approximate surface area is 279 Å². The molecule has 1 atom stereocenters. The zero-order valence-electron chi connectivity index (χ0n) is 27.2. The number of benzene rings is 6. The molecule has 232 valence electrons. The maximum absolute atomic E-state index is 14.4. The van der Waals surface area contributed by atoms with Crippen molar-refractivity contribution in [3.8, 4) is 0 Å². The predicted molar refractivity (Wildman–Crippen MR) is 198 cm³/mol. The number of aryl methyl sites for hydroxylation is 2. The summed E-state index contributed by atoms with van der Waals surface area (Å²) < 4.78 is 0. The van der Waals surface area contributed by atoms with Gasteiger partial charge in [-0.05, 0) is 47.8 Å². The molecular weight excluding hydrogens is 591 g/mol. The lowest BCUT2D eigenvalue weighted by Gasteiger charge is -2.45. The molecule has 48 heavy (non-hydrogen) atoms. The SMILES string of the molecule is Cc1cc(C)cc(B2N=c3/c(=C4/C(=O)C(c5ccc6cccc7c6c5N(C)C(c5ccccc5)N7C)=C4O)ccc4cccc(c34)N2)c1. The number of ketones is 1. The number of aliphatic hydroxyl groups excluding tert-OH is 1. The van der Waals surface area contributed by atoms with E-state index in [0.717, 1.165) is 60.6 Å². The second-order valence-electron chi connectivity index (χ2n) is 13.2. The van der Waals surface area contributed by atoms with Crippen molar-refractivity contribution in [3.63, 3.8) is 0 Å². The fraction of sp³-hybridized carbons (Fsp3) is 0.122. The van der Waals surface area contributed by atoms with Crippen molar-refractivity contribution in [1.82, 2.24) is 0 Å². The number of Topliss-reactive ketones (excluding diaryl/α,β-unsaturated/α-hetero) is 1. The largest absolute Gasteiger partial charge is 0.506 e. The Bertz CT molecular complexity index is 2520. The summed E-state index contributed by atoms with van der Waals surface area (Å²) in [5.74, 6) is -0.157. The third kappa shape index (κ3) is 4.00. The number of aliphatic hydroxyl groups is 1. The zero-order chi connectivity index (χ0) is 32.8. The molecule has 2 N–H and O–H groups in total. The molecule has 6 aromatic rings. The topological polar surface area (TPSA) is 68.2 Å². The Hall–Kier alpha value is -5.82. The Morgan fingerprint density at radius 2 is 1.46 bits per heavy atom. The van der Waals surface area contributed by atoms with Crippen LogP contribution in [-0.2, 0) is 4.79 Å². The van der Waals surface area contributed by atoms with Crippen LogP contribution in [0, 0.1) is 13.8 Å². The van der Waals surface area contributed by atoms with Gasteiger partial charge in [0.15, 0.2) is 0 Å². The fourth-order valence-corrected chi connectivity index (χ4v) is 8.14. The highest BCUT2D eigenvalue weighted by Crippen LogP contribution is 2.50. The van der Waals surface area contributed by atoms with Gasteiger partial charge in [-0.3, -0.25) is 4.79 Å². The molecule has 1 unspecified atom stereocenters. The van der Waals surface area contributed by atoms with E-state index in [1.54, 1.807) is 0 Å². The number of rotatable bonds is 3. The molecule has 6 nitrogen and oxygen atoms in total. The Kier molecular flexibility index (Phi) is 6.12. The van der Waals surface area contributed by atoms with Crippen molar-refractivity contribution in [2.75, 3.05) is 29.1 Å². The molecule has 0 saturated heterocycles. The van der Waals surface area contributed by atoms with E-state index < -0.39 is 0 Å². The molecule has 0 radical (unpaired) electrons. The number of carbonyl (C=O) groups excluding carboxylic acids is 1. The minimum Gasteiger partial charge on any atom is -0.506 e. The van der Waals surface area contributed by atoms with Gasteiger partial charge in [-0.15, -0.1) is 0 Å². The van der Waals surface area contributed by atoms with E-state index in [-0.39, 0.29) is 24.7 Å². The molecule has 0 fully saturated rings. The van der Waals surface area contributed by atoms with E-state index in [1.807, 2.05) is 30.3 Å². The minimum atomic E-state index is -0.326. The summed E-state index contributed by atoms with van der Waals surface area (Å²) >= 11 is 0. The van der Waals surface area contributed by atoms with Crippen LogP contribution in [0.3, 0.4) is 0 Å². The van der Waals surface area contributed by atoms with E-state index in [4.69, 9.17) is 4.90 Å². The van der Waals surface area contributed by atoms with Gasteiger partial charge in [-0.2, -0.15) is 0 Å². The second kappa shape index (κ2) is 10.3. The van der Waals surface area contributed by atoms with Gasteiger partial charge in [0, 0.05) is 47.0 Å². The van der Waals surface area contributed by atoms with Crippen molar-refractivity contribution < 1.29 is 9.90 Å². The second-order valence-corrected chi connectivity index (χ2v) is 13.2.